The third kappa shape index (κ3) is 5.92. The second kappa shape index (κ2) is 2.28. The molecule has 0 unspecified atom stereocenters. The Labute approximate surface area is 44.5 Å². The van der Waals surface area contributed by atoms with Gasteiger partial charge in [0.05, 0.1) is 0 Å². The highest BCUT2D eigenvalue weighted by Gasteiger charge is 2.05. The van der Waals surface area contributed by atoms with E-state index in [0.29, 0.717) is 0 Å². The summed E-state index contributed by atoms with van der Waals surface area (Å²) in [7, 11) is 0. The zero-order chi connectivity index (χ0) is 5.91. The molecule has 2 heteroatoms. The molecule has 0 aromatic rings. The van der Waals surface area contributed by atoms with Gasteiger partial charge in [0, 0.05) is 5.54 Å². The molecule has 0 fully saturated rings. The molecule has 2 nitrogen and oxygen atoms in total. The van der Waals surface area contributed by atoms with Crippen molar-refractivity contribution in [2.24, 2.45) is 0 Å². The van der Waals surface area contributed by atoms with E-state index in [1.54, 1.807) is 0 Å². The fourth-order valence-electron chi connectivity index (χ4n) is 0.217. The zero-order valence-electron chi connectivity index (χ0n) is 5.12. The van der Waals surface area contributed by atoms with Crippen molar-refractivity contribution in [1.29, 1.82) is 0 Å². The van der Waals surface area contributed by atoms with Gasteiger partial charge in [0.15, 0.2) is 0 Å². The van der Waals surface area contributed by atoms with Gasteiger partial charge in [-0.15, -0.1) is 0 Å². The molecule has 1 N–H and O–H groups in total. The predicted octanol–water partition coefficient (Wildman–Crippen LogP) is 0.762. The van der Waals surface area contributed by atoms with Crippen LogP contribution in [0.5, 0.6) is 0 Å². The molecule has 0 aliphatic rings. The zero-order valence-corrected chi connectivity index (χ0v) is 5.12. The second-order valence-electron chi connectivity index (χ2n) is 2.57. The Morgan fingerprint density at radius 2 is 1.86 bits per heavy atom. The fourth-order valence-corrected chi connectivity index (χ4v) is 0.217. The van der Waals surface area contributed by atoms with Gasteiger partial charge in [-0.2, -0.15) is 0 Å². The van der Waals surface area contributed by atoms with E-state index in [-0.39, 0.29) is 12.3 Å². The van der Waals surface area contributed by atoms with Gasteiger partial charge in [-0.3, -0.25) is 5.32 Å². The maximum atomic E-state index is 9.83. The quantitative estimate of drug-likeness (QED) is 0.487. The number of nitrogens with one attached hydrogen (secondary N) is 1. The summed E-state index contributed by atoms with van der Waals surface area (Å²) in [6.07, 6.45) is 0. The molecular weight excluding hydrogens is 90.1 g/mol. The van der Waals surface area contributed by atoms with Crippen LogP contribution < -0.4 is 5.32 Å². The topological polar surface area (TPSA) is 31.9 Å². The minimum absolute atomic E-state index is 0.0122. The number of rotatable bonds is 1. The van der Waals surface area contributed by atoms with E-state index in [2.05, 4.69) is 5.32 Å². The molecule has 1 radical (unpaired) electrons. The first-order valence-corrected chi connectivity index (χ1v) is 2.39. The monoisotopic (exact) mass is 102 g/mol. The van der Waals surface area contributed by atoms with Crippen molar-refractivity contribution in [2.45, 2.75) is 26.3 Å². The molecule has 0 atom stereocenters. The lowest BCUT2D eigenvalue weighted by Crippen LogP contribution is -2.35. The van der Waals surface area contributed by atoms with Gasteiger partial charge in [0.25, 0.3) is 0 Å². The first-order valence-electron chi connectivity index (χ1n) is 2.39. The van der Waals surface area contributed by atoms with E-state index in [1.165, 1.54) is 0 Å². The smallest absolute Gasteiger partial charge is 0.133 e. The van der Waals surface area contributed by atoms with Gasteiger partial charge >= 0.3 is 0 Å². The maximum Gasteiger partial charge on any atom is 0.133 e. The molecule has 0 saturated carbocycles. The standard InChI is InChI=1S/C5H12NO/c1-5(2,3)6-4-7/h6H,4H2,1-3H3. The summed E-state index contributed by atoms with van der Waals surface area (Å²) in [5, 5.41) is 12.6. The van der Waals surface area contributed by atoms with Crippen molar-refractivity contribution in [2.75, 3.05) is 6.73 Å². The Kier molecular flexibility index (Phi) is 2.26. The molecule has 0 heterocycles. The minimum Gasteiger partial charge on any atom is -0.287 e. The predicted molar refractivity (Wildman–Crippen MR) is 28.4 cm³/mol. The van der Waals surface area contributed by atoms with E-state index >= 15 is 0 Å². The van der Waals surface area contributed by atoms with Gasteiger partial charge < -0.3 is 0 Å². The Hall–Kier alpha value is -0.0800. The molecule has 0 spiro atoms. The molecule has 7 heavy (non-hydrogen) atoms. The summed E-state index contributed by atoms with van der Waals surface area (Å²) in [5.41, 5.74) is -0.0122. The number of hydrogen-bond acceptors (Lipinski definition) is 1. The Morgan fingerprint density at radius 1 is 1.43 bits per heavy atom. The molecule has 0 saturated heterocycles. The van der Waals surface area contributed by atoms with Crippen molar-refractivity contribution in [3.05, 3.63) is 0 Å². The maximum absolute atomic E-state index is 9.83. The van der Waals surface area contributed by atoms with Crippen molar-refractivity contribution in [3.8, 4) is 0 Å². The molecule has 0 aromatic heterocycles. The molecule has 0 aliphatic carbocycles. The average molecular weight is 102 g/mol. The normalized spacial score (nSPS) is 12.0. The summed E-state index contributed by atoms with van der Waals surface area (Å²) in [6.45, 7) is 5.70. The summed E-state index contributed by atoms with van der Waals surface area (Å²) in [5.74, 6) is 0. The van der Waals surface area contributed by atoms with Crippen molar-refractivity contribution in [1.82, 2.24) is 5.32 Å². The second-order valence-corrected chi connectivity index (χ2v) is 2.57. The summed E-state index contributed by atoms with van der Waals surface area (Å²) in [4.78, 5) is 0. The van der Waals surface area contributed by atoms with Crippen LogP contribution in [0.2, 0.25) is 0 Å². The van der Waals surface area contributed by atoms with Crippen LogP contribution in [0, 0.1) is 0 Å². The Balaban J connectivity index is 3.15. The van der Waals surface area contributed by atoms with E-state index in [1.807, 2.05) is 20.8 Å². The molecule has 0 aromatic carbocycles. The van der Waals surface area contributed by atoms with E-state index in [0.717, 1.165) is 0 Å². The van der Waals surface area contributed by atoms with Crippen LogP contribution in [0.4, 0.5) is 0 Å². The van der Waals surface area contributed by atoms with Gasteiger partial charge in [0.1, 0.15) is 6.73 Å². The molecule has 0 rings (SSSR count). The van der Waals surface area contributed by atoms with Crippen LogP contribution in [-0.2, 0) is 5.11 Å². The van der Waals surface area contributed by atoms with Crippen LogP contribution in [0.25, 0.3) is 0 Å². The molecular formula is C5H12NO. The molecule has 0 aliphatic heterocycles. The summed E-state index contributed by atoms with van der Waals surface area (Å²) < 4.78 is 0. The van der Waals surface area contributed by atoms with Gasteiger partial charge in [-0.25, -0.2) is 5.11 Å². The summed E-state index contributed by atoms with van der Waals surface area (Å²) >= 11 is 0. The van der Waals surface area contributed by atoms with E-state index in [4.69, 9.17) is 0 Å². The van der Waals surface area contributed by atoms with Crippen LogP contribution >= 0.6 is 0 Å². The Morgan fingerprint density at radius 3 is 1.86 bits per heavy atom. The van der Waals surface area contributed by atoms with Crippen LogP contribution in [0.1, 0.15) is 20.8 Å². The van der Waals surface area contributed by atoms with E-state index < -0.39 is 0 Å². The lowest BCUT2D eigenvalue weighted by Gasteiger charge is -2.16. The average Bonchev–Trinajstić information content (AvgIpc) is 1.30. The van der Waals surface area contributed by atoms with Crippen molar-refractivity contribution < 1.29 is 5.11 Å². The third-order valence-electron chi connectivity index (χ3n) is 0.602. The third-order valence-corrected chi connectivity index (χ3v) is 0.602. The minimum atomic E-state index is -0.191. The highest BCUT2D eigenvalue weighted by atomic mass is 16.3. The van der Waals surface area contributed by atoms with Crippen LogP contribution in [0.15, 0.2) is 0 Å². The summed E-state index contributed by atoms with van der Waals surface area (Å²) in [6, 6.07) is 0. The number of hydrogen-bond donors (Lipinski definition) is 1. The van der Waals surface area contributed by atoms with Crippen molar-refractivity contribution >= 4 is 0 Å². The molecule has 0 bridgehead atoms. The SMILES string of the molecule is CC(C)(C)NC[O]. The highest BCUT2D eigenvalue weighted by molar-refractivity contribution is 4.66. The fraction of sp³-hybridized carbons (Fsp3) is 1.00. The Bertz CT molecular complexity index is 46.5. The molecule has 43 valence electrons. The highest BCUT2D eigenvalue weighted by Crippen LogP contribution is 1.95. The first-order chi connectivity index (χ1) is 3.06. The largest absolute Gasteiger partial charge is 0.287 e. The lowest BCUT2D eigenvalue weighted by molar-refractivity contribution is 0.141. The van der Waals surface area contributed by atoms with Gasteiger partial charge in [0.2, 0.25) is 0 Å². The van der Waals surface area contributed by atoms with Crippen LogP contribution in [-0.4, -0.2) is 12.3 Å². The van der Waals surface area contributed by atoms with Crippen molar-refractivity contribution in [3.63, 3.8) is 0 Å². The lowest BCUT2D eigenvalue weighted by atomic mass is 10.1. The van der Waals surface area contributed by atoms with Gasteiger partial charge in [-0.1, -0.05) is 0 Å². The van der Waals surface area contributed by atoms with Crippen LogP contribution in [0.3, 0.4) is 0 Å². The van der Waals surface area contributed by atoms with Gasteiger partial charge in [-0.05, 0) is 20.8 Å². The first kappa shape index (κ1) is 6.92. The van der Waals surface area contributed by atoms with E-state index in [9.17, 15) is 5.11 Å². The molecule has 0 amide bonds.